The largest absolute Gasteiger partial charge is 0.499 e. The third-order valence-corrected chi connectivity index (χ3v) is 8.31. The van der Waals surface area contributed by atoms with Crippen LogP contribution in [0.4, 0.5) is 0 Å². The Balaban J connectivity index is -0.000000845. The van der Waals surface area contributed by atoms with E-state index in [2.05, 4.69) is 13.1 Å². The van der Waals surface area contributed by atoms with Gasteiger partial charge in [-0.1, -0.05) is 14.9 Å². The van der Waals surface area contributed by atoms with Crippen LogP contribution in [-0.4, -0.2) is 45.6 Å². The van der Waals surface area contributed by atoms with E-state index in [4.69, 9.17) is 17.7 Å². The highest BCUT2D eigenvalue weighted by molar-refractivity contribution is 6.73. The molecule has 0 atom stereocenters. The normalized spacial score (nSPS) is 11.6. The number of rotatable bonds is 7. The summed E-state index contributed by atoms with van der Waals surface area (Å²) in [6, 6.07) is 1.81. The van der Waals surface area contributed by atoms with Crippen molar-refractivity contribution in [3.63, 3.8) is 0 Å². The van der Waals surface area contributed by atoms with Crippen LogP contribution in [0.15, 0.2) is 0 Å². The van der Waals surface area contributed by atoms with E-state index in [0.29, 0.717) is 0 Å². The zero-order chi connectivity index (χ0) is 11.2. The molecule has 0 aromatic heterocycles. The average Bonchev–Trinajstić information content (AvgIpc) is 2.21. The molecule has 6 heteroatoms. The molecule has 0 aliphatic rings. The molecule has 0 unspecified atom stereocenters. The van der Waals surface area contributed by atoms with E-state index in [-0.39, 0.29) is 14.9 Å². The van der Waals surface area contributed by atoms with Gasteiger partial charge >= 0.3 is 8.80 Å². The third kappa shape index (κ3) is 6.77. The van der Waals surface area contributed by atoms with Crippen molar-refractivity contribution in [2.75, 3.05) is 28.4 Å². The van der Waals surface area contributed by atoms with Gasteiger partial charge in [0, 0.05) is 34.5 Å². The second-order valence-corrected chi connectivity index (χ2v) is 11.3. The Labute approximate surface area is 104 Å². The number of hydrogen-bond donors (Lipinski definition) is 0. The lowest BCUT2D eigenvalue weighted by Crippen LogP contribution is -2.45. The average molecular weight is 271 g/mol. The van der Waals surface area contributed by atoms with Gasteiger partial charge in [0.25, 0.3) is 0 Å². The van der Waals surface area contributed by atoms with Gasteiger partial charge in [0.2, 0.25) is 0 Å². The summed E-state index contributed by atoms with van der Waals surface area (Å²) in [6.07, 6.45) is 0. The maximum Gasteiger partial charge on any atom is 0.499 e. The molecule has 0 aromatic carbocycles. The molecule has 102 valence electrons. The van der Waals surface area contributed by atoms with Gasteiger partial charge in [0.15, 0.2) is 8.32 Å². The van der Waals surface area contributed by atoms with E-state index >= 15 is 0 Å². The van der Waals surface area contributed by atoms with Gasteiger partial charge in [0.05, 0.1) is 0 Å². The molecule has 0 bridgehead atoms. The fourth-order valence-electron chi connectivity index (χ4n) is 1.11. The second-order valence-electron chi connectivity index (χ2n) is 3.76. The van der Waals surface area contributed by atoms with E-state index in [0.717, 1.165) is 12.1 Å². The maximum absolute atomic E-state index is 5.46. The van der Waals surface area contributed by atoms with E-state index in [9.17, 15) is 0 Å². The van der Waals surface area contributed by atoms with Gasteiger partial charge in [0.1, 0.15) is 0 Å². The highest BCUT2D eigenvalue weighted by Gasteiger charge is 2.39. The Morgan fingerprint density at radius 2 is 1.06 bits per heavy atom. The molecular weight excluding hydrogens is 240 g/mol. The molecule has 0 aliphatic carbocycles. The summed E-state index contributed by atoms with van der Waals surface area (Å²) in [5, 5.41) is 0. The van der Waals surface area contributed by atoms with Crippen LogP contribution in [0.1, 0.15) is 14.9 Å². The zero-order valence-electron chi connectivity index (χ0n) is 10.0. The summed E-state index contributed by atoms with van der Waals surface area (Å²) in [6.45, 7) is 4.35. The van der Waals surface area contributed by atoms with Crippen molar-refractivity contribution < 1.29 is 17.7 Å². The molecular formula is C10H30O4Si2. The van der Waals surface area contributed by atoms with Crippen molar-refractivity contribution in [3.8, 4) is 0 Å². The minimum atomic E-state index is -2.39. The molecule has 0 fully saturated rings. The molecule has 0 heterocycles. The van der Waals surface area contributed by atoms with Crippen LogP contribution >= 0.6 is 0 Å². The molecule has 4 nitrogen and oxygen atoms in total. The predicted molar refractivity (Wildman–Crippen MR) is 74.3 cm³/mol. The smallest absolute Gasteiger partial charge is 0.420 e. The van der Waals surface area contributed by atoms with E-state index in [1.54, 1.807) is 28.4 Å². The Bertz CT molecular complexity index is 153. The van der Waals surface area contributed by atoms with Crippen molar-refractivity contribution in [1.29, 1.82) is 0 Å². The van der Waals surface area contributed by atoms with E-state index in [1.807, 2.05) is 0 Å². The van der Waals surface area contributed by atoms with Gasteiger partial charge in [-0.2, -0.15) is 0 Å². The quantitative estimate of drug-likeness (QED) is 0.667. The minimum absolute atomic E-state index is 0. The minimum Gasteiger partial charge on any atom is -0.420 e. The van der Waals surface area contributed by atoms with Crippen LogP contribution in [0.3, 0.4) is 0 Å². The first kappa shape index (κ1) is 21.5. The van der Waals surface area contributed by atoms with Crippen molar-refractivity contribution >= 4 is 17.1 Å². The molecule has 0 saturated carbocycles. The van der Waals surface area contributed by atoms with Crippen LogP contribution in [-0.2, 0) is 17.7 Å². The fraction of sp³-hybridized carbons (Fsp3) is 1.00. The Morgan fingerprint density at radius 1 is 0.688 bits per heavy atom. The summed E-state index contributed by atoms with van der Waals surface area (Å²) in [5.41, 5.74) is 0. The highest BCUT2D eigenvalue weighted by Crippen LogP contribution is 2.21. The van der Waals surface area contributed by atoms with Crippen LogP contribution in [0, 0.1) is 0 Å². The molecule has 0 rings (SSSR count). The lowest BCUT2D eigenvalue weighted by atomic mass is 10.9. The standard InChI is InChI=1S/C8H22O4Si2.2CH4/c1-9-13(5,6)7-8-14(10-2,11-3)12-4;;/h7-8H2,1-6H3;2*1H4. The lowest BCUT2D eigenvalue weighted by Gasteiger charge is -2.28. The van der Waals surface area contributed by atoms with Crippen molar-refractivity contribution in [2.45, 2.75) is 40.0 Å². The van der Waals surface area contributed by atoms with Crippen LogP contribution in [0.2, 0.25) is 25.2 Å². The van der Waals surface area contributed by atoms with Crippen LogP contribution in [0.25, 0.3) is 0 Å². The van der Waals surface area contributed by atoms with Crippen molar-refractivity contribution in [3.05, 3.63) is 0 Å². The van der Waals surface area contributed by atoms with Gasteiger partial charge in [-0.05, 0) is 19.1 Å². The summed E-state index contributed by atoms with van der Waals surface area (Å²) >= 11 is 0. The first-order valence-corrected chi connectivity index (χ1v) is 9.70. The van der Waals surface area contributed by atoms with Crippen LogP contribution < -0.4 is 0 Å². The first-order chi connectivity index (χ1) is 6.45. The van der Waals surface area contributed by atoms with E-state index < -0.39 is 17.1 Å². The third-order valence-electron chi connectivity index (χ3n) is 2.52. The van der Waals surface area contributed by atoms with Gasteiger partial charge in [-0.15, -0.1) is 0 Å². The van der Waals surface area contributed by atoms with Crippen LogP contribution in [0.5, 0.6) is 0 Å². The lowest BCUT2D eigenvalue weighted by molar-refractivity contribution is 0.124. The Kier molecular flexibility index (Phi) is 12.5. The second kappa shape index (κ2) is 9.32. The molecule has 0 radical (unpaired) electrons. The molecule has 0 N–H and O–H groups in total. The SMILES string of the molecule is C.C.CO[Si](C)(C)CC[Si](OC)(OC)OC. The van der Waals surface area contributed by atoms with Crippen molar-refractivity contribution in [2.24, 2.45) is 0 Å². The van der Waals surface area contributed by atoms with Gasteiger partial charge in [-0.3, -0.25) is 0 Å². The predicted octanol–water partition coefficient (Wildman–Crippen LogP) is 2.99. The molecule has 0 amide bonds. The topological polar surface area (TPSA) is 36.9 Å². The van der Waals surface area contributed by atoms with E-state index in [1.165, 1.54) is 0 Å². The molecule has 0 aromatic rings. The zero-order valence-corrected chi connectivity index (χ0v) is 12.0. The van der Waals surface area contributed by atoms with Crippen molar-refractivity contribution in [1.82, 2.24) is 0 Å². The maximum atomic E-state index is 5.46. The summed E-state index contributed by atoms with van der Waals surface area (Å²) in [4.78, 5) is 0. The molecule has 0 spiro atoms. The Hall–Kier alpha value is 0.274. The molecule has 16 heavy (non-hydrogen) atoms. The number of hydrogen-bond acceptors (Lipinski definition) is 4. The molecule has 0 aliphatic heterocycles. The van der Waals surface area contributed by atoms with Gasteiger partial charge < -0.3 is 17.7 Å². The monoisotopic (exact) mass is 270 g/mol. The first-order valence-electron chi connectivity index (χ1n) is 4.66. The Morgan fingerprint density at radius 3 is 1.31 bits per heavy atom. The summed E-state index contributed by atoms with van der Waals surface area (Å²) < 4.78 is 21.5. The molecule has 0 saturated heterocycles. The highest BCUT2D eigenvalue weighted by atomic mass is 28.4. The summed E-state index contributed by atoms with van der Waals surface area (Å²) in [5.74, 6) is 0. The summed E-state index contributed by atoms with van der Waals surface area (Å²) in [7, 11) is 2.75. The van der Waals surface area contributed by atoms with Gasteiger partial charge in [-0.25, -0.2) is 0 Å². The fourth-order valence-corrected chi connectivity index (χ4v) is 6.06.